The summed E-state index contributed by atoms with van der Waals surface area (Å²) in [5.41, 5.74) is 0.119. The highest BCUT2D eigenvalue weighted by atomic mass is 16.5. The molecule has 17 heavy (non-hydrogen) atoms. The number of ketones is 1. The number of rotatable bonds is 3. The molecule has 0 saturated carbocycles. The van der Waals surface area contributed by atoms with Crippen LogP contribution in [0.5, 0.6) is 0 Å². The van der Waals surface area contributed by atoms with Crippen LogP contribution in [0.4, 0.5) is 0 Å². The zero-order valence-corrected chi connectivity index (χ0v) is 10.4. The van der Waals surface area contributed by atoms with Crippen molar-refractivity contribution in [2.24, 2.45) is 11.3 Å². The van der Waals surface area contributed by atoms with Gasteiger partial charge in [0.05, 0.1) is 26.4 Å². The summed E-state index contributed by atoms with van der Waals surface area (Å²) in [6.07, 6.45) is 2.59. The van der Waals surface area contributed by atoms with E-state index >= 15 is 0 Å². The number of carbonyl (C=O) groups is 1. The van der Waals surface area contributed by atoms with E-state index in [1.54, 1.807) is 0 Å². The molecule has 1 N–H and O–H groups in total. The summed E-state index contributed by atoms with van der Waals surface area (Å²) in [7, 11) is 0. The smallest absolute Gasteiger partial charge is 0.136 e. The van der Waals surface area contributed by atoms with E-state index in [0.717, 1.165) is 39.3 Å². The van der Waals surface area contributed by atoms with Crippen molar-refractivity contribution in [1.29, 1.82) is 0 Å². The average molecular weight is 239 g/mol. The fourth-order valence-electron chi connectivity index (χ4n) is 3.22. The van der Waals surface area contributed by atoms with E-state index in [1.807, 2.05) is 0 Å². The van der Waals surface area contributed by atoms with E-state index in [4.69, 9.17) is 9.47 Å². The van der Waals surface area contributed by atoms with Gasteiger partial charge in [-0.2, -0.15) is 0 Å². The quantitative estimate of drug-likeness (QED) is 0.789. The number of morpholine rings is 1. The summed E-state index contributed by atoms with van der Waals surface area (Å²) in [5, 5.41) is 3.53. The third-order valence-electron chi connectivity index (χ3n) is 4.20. The molecular weight excluding hydrogens is 218 g/mol. The number of nitrogens with one attached hydrogen (secondary N) is 1. The maximum atomic E-state index is 12.3. The lowest BCUT2D eigenvalue weighted by atomic mass is 9.76. The Morgan fingerprint density at radius 1 is 1.24 bits per heavy atom. The minimum absolute atomic E-state index is 0.119. The molecule has 3 rings (SSSR count). The third-order valence-corrected chi connectivity index (χ3v) is 4.20. The van der Waals surface area contributed by atoms with Crippen LogP contribution in [-0.2, 0) is 14.3 Å². The second-order valence-electron chi connectivity index (χ2n) is 6.21. The first-order valence-corrected chi connectivity index (χ1v) is 6.59. The van der Waals surface area contributed by atoms with Crippen molar-refractivity contribution in [2.45, 2.75) is 38.3 Å². The average Bonchev–Trinajstić information content (AvgIpc) is 2.26. The van der Waals surface area contributed by atoms with Crippen LogP contribution in [0.3, 0.4) is 0 Å². The lowest BCUT2D eigenvalue weighted by Crippen LogP contribution is -2.55. The molecule has 4 heteroatoms. The van der Waals surface area contributed by atoms with Crippen molar-refractivity contribution >= 4 is 5.78 Å². The molecule has 3 saturated heterocycles. The van der Waals surface area contributed by atoms with Crippen molar-refractivity contribution in [3.63, 3.8) is 0 Å². The van der Waals surface area contributed by atoms with Gasteiger partial charge in [-0.3, -0.25) is 4.79 Å². The molecule has 3 fully saturated rings. The highest BCUT2D eigenvalue weighted by Crippen LogP contribution is 2.34. The highest BCUT2D eigenvalue weighted by Gasteiger charge is 2.40. The van der Waals surface area contributed by atoms with Crippen LogP contribution in [-0.4, -0.2) is 44.3 Å². The predicted molar refractivity (Wildman–Crippen MR) is 62.8 cm³/mol. The normalized spacial score (nSPS) is 39.5. The molecular formula is C13H21NO3. The van der Waals surface area contributed by atoms with E-state index in [9.17, 15) is 4.79 Å². The standard InChI is InChI=1S/C13H21NO3/c1-13(7-17-8-13)4-12(15)9-2-10-5-16-6-11(3-9)14-10/h9-11,14H,2-8H2,1H3. The van der Waals surface area contributed by atoms with Crippen LogP contribution in [0, 0.1) is 11.3 Å². The summed E-state index contributed by atoms with van der Waals surface area (Å²) in [4.78, 5) is 12.3. The third kappa shape index (κ3) is 2.39. The van der Waals surface area contributed by atoms with Crippen molar-refractivity contribution in [2.75, 3.05) is 26.4 Å². The lowest BCUT2D eigenvalue weighted by Gasteiger charge is -2.42. The van der Waals surface area contributed by atoms with Gasteiger partial charge in [-0.25, -0.2) is 0 Å². The Balaban J connectivity index is 1.58. The van der Waals surface area contributed by atoms with Crippen LogP contribution in [0.15, 0.2) is 0 Å². The van der Waals surface area contributed by atoms with E-state index in [2.05, 4.69) is 12.2 Å². The number of Topliss-reactive ketones (excluding diaryl/α,β-unsaturated/α-hetero) is 1. The maximum absolute atomic E-state index is 12.3. The second-order valence-corrected chi connectivity index (χ2v) is 6.21. The van der Waals surface area contributed by atoms with Gasteiger partial charge in [0.2, 0.25) is 0 Å². The Labute approximate surface area is 102 Å². The van der Waals surface area contributed by atoms with E-state index in [0.29, 0.717) is 24.3 Å². The molecule has 3 aliphatic heterocycles. The number of hydrogen-bond donors (Lipinski definition) is 1. The first-order chi connectivity index (χ1) is 8.15. The number of piperidine rings is 1. The minimum Gasteiger partial charge on any atom is -0.380 e. The van der Waals surface area contributed by atoms with E-state index in [1.165, 1.54) is 0 Å². The van der Waals surface area contributed by atoms with Crippen molar-refractivity contribution in [1.82, 2.24) is 5.32 Å². The molecule has 2 bridgehead atoms. The summed E-state index contributed by atoms with van der Waals surface area (Å²) < 4.78 is 10.7. The SMILES string of the molecule is CC1(CC(=O)C2CC3COCC(C2)N3)COC1. The number of ether oxygens (including phenoxy) is 2. The summed E-state index contributed by atoms with van der Waals surface area (Å²) in [5.74, 6) is 0.682. The molecule has 4 nitrogen and oxygen atoms in total. The van der Waals surface area contributed by atoms with Gasteiger partial charge >= 0.3 is 0 Å². The van der Waals surface area contributed by atoms with Gasteiger partial charge in [0, 0.05) is 29.8 Å². The van der Waals surface area contributed by atoms with Gasteiger partial charge in [-0.1, -0.05) is 6.92 Å². The highest BCUT2D eigenvalue weighted by molar-refractivity contribution is 5.82. The molecule has 0 aromatic rings. The molecule has 2 atom stereocenters. The lowest BCUT2D eigenvalue weighted by molar-refractivity contribution is -0.142. The van der Waals surface area contributed by atoms with Gasteiger partial charge in [-0.05, 0) is 12.8 Å². The number of fused-ring (bicyclic) bond motifs is 2. The van der Waals surface area contributed by atoms with Crippen LogP contribution in [0.2, 0.25) is 0 Å². The zero-order chi connectivity index (χ0) is 11.9. The Morgan fingerprint density at radius 2 is 1.88 bits per heavy atom. The van der Waals surface area contributed by atoms with Crippen LogP contribution in [0.25, 0.3) is 0 Å². The predicted octanol–water partition coefficient (Wildman–Crippen LogP) is 0.749. The van der Waals surface area contributed by atoms with Gasteiger partial charge in [0.25, 0.3) is 0 Å². The monoisotopic (exact) mass is 239 g/mol. The fraction of sp³-hybridized carbons (Fsp3) is 0.923. The first-order valence-electron chi connectivity index (χ1n) is 6.59. The molecule has 3 heterocycles. The molecule has 0 aromatic heterocycles. The summed E-state index contributed by atoms with van der Waals surface area (Å²) in [6, 6.07) is 0.781. The van der Waals surface area contributed by atoms with Crippen LogP contribution >= 0.6 is 0 Å². The molecule has 0 radical (unpaired) electrons. The Kier molecular flexibility index (Phi) is 2.97. The zero-order valence-electron chi connectivity index (χ0n) is 10.4. The van der Waals surface area contributed by atoms with Crippen molar-refractivity contribution in [3.8, 4) is 0 Å². The number of hydrogen-bond acceptors (Lipinski definition) is 4. The molecule has 0 amide bonds. The largest absolute Gasteiger partial charge is 0.380 e. The molecule has 0 aromatic carbocycles. The Morgan fingerprint density at radius 3 is 2.41 bits per heavy atom. The van der Waals surface area contributed by atoms with E-state index in [-0.39, 0.29) is 11.3 Å². The molecule has 0 spiro atoms. The van der Waals surface area contributed by atoms with Gasteiger partial charge in [-0.15, -0.1) is 0 Å². The topological polar surface area (TPSA) is 47.6 Å². The van der Waals surface area contributed by atoms with Crippen molar-refractivity contribution in [3.05, 3.63) is 0 Å². The maximum Gasteiger partial charge on any atom is 0.136 e. The Hall–Kier alpha value is -0.450. The van der Waals surface area contributed by atoms with Gasteiger partial charge in [0.1, 0.15) is 5.78 Å². The number of carbonyl (C=O) groups excluding carboxylic acids is 1. The molecule has 3 aliphatic rings. The van der Waals surface area contributed by atoms with Crippen LogP contribution < -0.4 is 5.32 Å². The molecule has 96 valence electrons. The summed E-state index contributed by atoms with van der Waals surface area (Å²) >= 11 is 0. The molecule has 0 aliphatic carbocycles. The Bertz CT molecular complexity index is 302. The summed E-state index contributed by atoms with van der Waals surface area (Å²) in [6.45, 7) is 5.18. The fourth-order valence-corrected chi connectivity index (χ4v) is 3.22. The second kappa shape index (κ2) is 4.34. The first kappa shape index (κ1) is 11.6. The van der Waals surface area contributed by atoms with Gasteiger partial charge < -0.3 is 14.8 Å². The van der Waals surface area contributed by atoms with E-state index < -0.39 is 0 Å². The van der Waals surface area contributed by atoms with Gasteiger partial charge in [0.15, 0.2) is 0 Å². The minimum atomic E-state index is 0.119. The van der Waals surface area contributed by atoms with Crippen LogP contribution in [0.1, 0.15) is 26.2 Å². The molecule has 2 unspecified atom stereocenters. The van der Waals surface area contributed by atoms with Crippen molar-refractivity contribution < 1.29 is 14.3 Å².